The van der Waals surface area contributed by atoms with Crippen LogP contribution < -0.4 is 0 Å². The molecule has 0 spiro atoms. The average molecular weight is 292 g/mol. The van der Waals surface area contributed by atoms with E-state index in [1.54, 1.807) is 0 Å². The van der Waals surface area contributed by atoms with E-state index < -0.39 is 0 Å². The molecule has 0 aromatic rings. The minimum absolute atomic E-state index is 0.575. The molecule has 2 aliphatic carbocycles. The van der Waals surface area contributed by atoms with Crippen LogP contribution >= 0.6 is 0 Å². The minimum Gasteiger partial charge on any atom is -0.302 e. The van der Waals surface area contributed by atoms with Gasteiger partial charge < -0.3 is 4.90 Å². The van der Waals surface area contributed by atoms with Gasteiger partial charge in [0, 0.05) is 13.1 Å². The van der Waals surface area contributed by atoms with E-state index in [2.05, 4.69) is 25.7 Å². The quantitative estimate of drug-likeness (QED) is 0.605. The van der Waals surface area contributed by atoms with Crippen molar-refractivity contribution in [1.82, 2.24) is 4.90 Å². The van der Waals surface area contributed by atoms with Crippen molar-refractivity contribution in [3.05, 3.63) is 0 Å². The summed E-state index contributed by atoms with van der Waals surface area (Å²) >= 11 is 0. The first-order chi connectivity index (χ1) is 10.0. The van der Waals surface area contributed by atoms with Crippen molar-refractivity contribution in [1.29, 1.82) is 0 Å². The molecule has 0 aromatic carbocycles. The third kappa shape index (κ3) is 3.19. The highest BCUT2D eigenvalue weighted by molar-refractivity contribution is 5.05. The third-order valence-electron chi connectivity index (χ3n) is 7.73. The second-order valence-electron chi connectivity index (χ2n) is 9.25. The zero-order valence-electron chi connectivity index (χ0n) is 14.8. The summed E-state index contributed by atoms with van der Waals surface area (Å²) in [5.41, 5.74) is 1.16. The second kappa shape index (κ2) is 6.22. The summed E-state index contributed by atoms with van der Waals surface area (Å²) in [6.45, 7) is 11.7. The fraction of sp³-hybridized carbons (Fsp3) is 1.00. The monoisotopic (exact) mass is 291 g/mol. The van der Waals surface area contributed by atoms with Crippen molar-refractivity contribution in [2.45, 2.75) is 85.0 Å². The topological polar surface area (TPSA) is 3.24 Å². The van der Waals surface area contributed by atoms with Gasteiger partial charge in [-0.3, -0.25) is 0 Å². The molecule has 1 heteroatoms. The summed E-state index contributed by atoms with van der Waals surface area (Å²) in [5, 5.41) is 0. The SMILES string of the molecule is CC12CCC(CN(CCCCC3CCCCC3)C1)C2(C)C. The molecule has 3 rings (SSSR count). The second-order valence-corrected chi connectivity index (χ2v) is 9.25. The van der Waals surface area contributed by atoms with Crippen LogP contribution in [0.3, 0.4) is 0 Å². The van der Waals surface area contributed by atoms with Crippen LogP contribution in [0.15, 0.2) is 0 Å². The molecule has 2 saturated carbocycles. The van der Waals surface area contributed by atoms with Gasteiger partial charge >= 0.3 is 0 Å². The molecule has 0 N–H and O–H groups in total. The van der Waals surface area contributed by atoms with E-state index in [1.807, 2.05) is 0 Å². The minimum atomic E-state index is 0.575. The summed E-state index contributed by atoms with van der Waals surface area (Å²) in [6, 6.07) is 0. The molecule has 2 bridgehead atoms. The summed E-state index contributed by atoms with van der Waals surface area (Å²) in [5.74, 6) is 2.03. The molecule has 3 aliphatic rings. The van der Waals surface area contributed by atoms with Gasteiger partial charge in [0.2, 0.25) is 0 Å². The summed E-state index contributed by atoms with van der Waals surface area (Å²) < 4.78 is 0. The van der Waals surface area contributed by atoms with E-state index in [0.717, 1.165) is 11.8 Å². The molecule has 0 radical (unpaired) electrons. The lowest BCUT2D eigenvalue weighted by Gasteiger charge is -2.50. The average Bonchev–Trinajstić information content (AvgIpc) is 2.62. The highest BCUT2D eigenvalue weighted by Crippen LogP contribution is 2.58. The van der Waals surface area contributed by atoms with Gasteiger partial charge in [-0.25, -0.2) is 0 Å². The maximum absolute atomic E-state index is 2.81. The molecule has 1 heterocycles. The number of rotatable bonds is 5. The number of hydrogen-bond donors (Lipinski definition) is 0. The third-order valence-corrected chi connectivity index (χ3v) is 7.73. The first-order valence-corrected chi connectivity index (χ1v) is 9.74. The Balaban J connectivity index is 1.39. The van der Waals surface area contributed by atoms with Gasteiger partial charge in [0.05, 0.1) is 0 Å². The molecular formula is C20H37N. The van der Waals surface area contributed by atoms with E-state index >= 15 is 0 Å². The fourth-order valence-corrected chi connectivity index (χ4v) is 5.56. The Morgan fingerprint density at radius 1 is 0.952 bits per heavy atom. The van der Waals surface area contributed by atoms with E-state index in [1.165, 1.54) is 83.8 Å². The molecule has 1 saturated heterocycles. The predicted octanol–water partition coefficient (Wildman–Crippen LogP) is 5.50. The number of nitrogens with zero attached hydrogens (tertiary/aromatic N) is 1. The van der Waals surface area contributed by atoms with Gasteiger partial charge in [0.15, 0.2) is 0 Å². The van der Waals surface area contributed by atoms with Crippen molar-refractivity contribution in [2.24, 2.45) is 22.7 Å². The van der Waals surface area contributed by atoms with E-state index in [0.29, 0.717) is 10.8 Å². The van der Waals surface area contributed by atoms with Crippen LogP contribution in [0, 0.1) is 22.7 Å². The number of piperidine rings is 1. The lowest BCUT2D eigenvalue weighted by Crippen LogP contribution is -2.52. The fourth-order valence-electron chi connectivity index (χ4n) is 5.56. The van der Waals surface area contributed by atoms with Crippen molar-refractivity contribution >= 4 is 0 Å². The van der Waals surface area contributed by atoms with Crippen LogP contribution in [0.1, 0.15) is 85.0 Å². The van der Waals surface area contributed by atoms with E-state index in [-0.39, 0.29) is 0 Å². The lowest BCUT2D eigenvalue weighted by atomic mass is 9.63. The van der Waals surface area contributed by atoms with E-state index in [4.69, 9.17) is 0 Å². The Labute approximate surface area is 132 Å². The van der Waals surface area contributed by atoms with Crippen LogP contribution in [-0.2, 0) is 0 Å². The highest BCUT2D eigenvalue weighted by atomic mass is 15.2. The molecule has 2 unspecified atom stereocenters. The molecule has 0 amide bonds. The highest BCUT2D eigenvalue weighted by Gasteiger charge is 2.55. The van der Waals surface area contributed by atoms with Gasteiger partial charge in [-0.2, -0.15) is 0 Å². The van der Waals surface area contributed by atoms with Crippen LogP contribution in [0.4, 0.5) is 0 Å². The lowest BCUT2D eigenvalue weighted by molar-refractivity contribution is -0.0181. The number of hydrogen-bond acceptors (Lipinski definition) is 1. The first kappa shape index (κ1) is 15.8. The van der Waals surface area contributed by atoms with Gasteiger partial charge in [0.1, 0.15) is 0 Å². The number of fused-ring (bicyclic) bond motifs is 2. The van der Waals surface area contributed by atoms with Crippen molar-refractivity contribution in [2.75, 3.05) is 19.6 Å². The van der Waals surface area contributed by atoms with Gasteiger partial charge in [-0.15, -0.1) is 0 Å². The Morgan fingerprint density at radius 2 is 1.71 bits per heavy atom. The standard InChI is InChI=1S/C20H37N/c1-19(2)18-12-13-20(19,3)16-21(15-18)14-8-7-11-17-9-5-4-6-10-17/h17-18H,4-16H2,1-3H3. The summed E-state index contributed by atoms with van der Waals surface area (Å²) in [7, 11) is 0. The van der Waals surface area contributed by atoms with E-state index in [9.17, 15) is 0 Å². The summed E-state index contributed by atoms with van der Waals surface area (Å²) in [6.07, 6.45) is 14.9. The van der Waals surface area contributed by atoms with Gasteiger partial charge in [-0.1, -0.05) is 65.7 Å². The normalized spacial score (nSPS) is 37.0. The number of unbranched alkanes of at least 4 members (excludes halogenated alkanes) is 1. The van der Waals surface area contributed by atoms with Gasteiger partial charge in [-0.05, 0) is 48.5 Å². The number of likely N-dealkylation sites (tertiary alicyclic amines) is 1. The molecule has 0 aromatic heterocycles. The van der Waals surface area contributed by atoms with Crippen molar-refractivity contribution in [3.63, 3.8) is 0 Å². The van der Waals surface area contributed by atoms with Crippen LogP contribution in [0.2, 0.25) is 0 Å². The molecule has 122 valence electrons. The molecule has 2 atom stereocenters. The zero-order valence-corrected chi connectivity index (χ0v) is 14.8. The maximum Gasteiger partial charge on any atom is 0.00407 e. The predicted molar refractivity (Wildman–Crippen MR) is 91.5 cm³/mol. The first-order valence-electron chi connectivity index (χ1n) is 9.74. The zero-order chi connectivity index (χ0) is 14.9. The molecule has 1 nitrogen and oxygen atoms in total. The summed E-state index contributed by atoms with van der Waals surface area (Å²) in [4.78, 5) is 2.81. The smallest absolute Gasteiger partial charge is 0.00407 e. The van der Waals surface area contributed by atoms with Crippen LogP contribution in [0.25, 0.3) is 0 Å². The van der Waals surface area contributed by atoms with Crippen molar-refractivity contribution < 1.29 is 0 Å². The molecule has 1 aliphatic heterocycles. The van der Waals surface area contributed by atoms with Crippen LogP contribution in [-0.4, -0.2) is 24.5 Å². The van der Waals surface area contributed by atoms with Crippen molar-refractivity contribution in [3.8, 4) is 0 Å². The Hall–Kier alpha value is -0.0400. The molecular weight excluding hydrogens is 254 g/mol. The molecule has 21 heavy (non-hydrogen) atoms. The largest absolute Gasteiger partial charge is 0.302 e. The Morgan fingerprint density at radius 3 is 2.43 bits per heavy atom. The Bertz CT molecular complexity index is 342. The van der Waals surface area contributed by atoms with Gasteiger partial charge in [0.25, 0.3) is 0 Å². The maximum atomic E-state index is 2.81. The molecule has 3 fully saturated rings. The Kier molecular flexibility index (Phi) is 4.69. The van der Waals surface area contributed by atoms with Crippen LogP contribution in [0.5, 0.6) is 0 Å².